The number of fused-ring (bicyclic) bond motifs is 1. The molecule has 22 heavy (non-hydrogen) atoms. The van der Waals surface area contributed by atoms with Gasteiger partial charge in [-0.25, -0.2) is 0 Å². The number of amides is 1. The molecule has 0 fully saturated rings. The maximum absolute atomic E-state index is 12.3. The number of hydrogen-bond donors (Lipinski definition) is 1. The van der Waals surface area contributed by atoms with E-state index in [2.05, 4.69) is 40.7 Å². The van der Waals surface area contributed by atoms with Gasteiger partial charge in [-0.15, -0.1) is 11.3 Å². The summed E-state index contributed by atoms with van der Waals surface area (Å²) in [6.07, 6.45) is 1.06. The second-order valence-electron chi connectivity index (χ2n) is 5.98. The summed E-state index contributed by atoms with van der Waals surface area (Å²) in [5.41, 5.74) is 3.79. The van der Waals surface area contributed by atoms with Crippen molar-refractivity contribution in [1.82, 2.24) is 10.2 Å². The average molecular weight is 314 g/mol. The minimum atomic E-state index is 0.0511. The number of rotatable bonds is 4. The van der Waals surface area contributed by atoms with Gasteiger partial charge in [0.15, 0.2) is 0 Å². The van der Waals surface area contributed by atoms with E-state index in [1.165, 1.54) is 21.6 Å². The fourth-order valence-electron chi connectivity index (χ4n) is 3.08. The summed E-state index contributed by atoms with van der Waals surface area (Å²) < 4.78 is 0. The minimum Gasteiger partial charge on any atom is -0.348 e. The molecular formula is C18H22N2OS. The Hall–Kier alpha value is -1.65. The summed E-state index contributed by atoms with van der Waals surface area (Å²) >= 11 is 1.83. The molecule has 3 nitrogen and oxygen atoms in total. The average Bonchev–Trinajstić information content (AvgIpc) is 2.95. The zero-order valence-corrected chi connectivity index (χ0v) is 14.0. The van der Waals surface area contributed by atoms with E-state index in [-0.39, 0.29) is 11.9 Å². The number of aryl methyl sites for hydroxylation is 1. The molecule has 1 aromatic carbocycles. The Morgan fingerprint density at radius 3 is 3.00 bits per heavy atom. The summed E-state index contributed by atoms with van der Waals surface area (Å²) in [4.78, 5) is 16.0. The highest BCUT2D eigenvalue weighted by Gasteiger charge is 2.20. The van der Waals surface area contributed by atoms with Crippen LogP contribution >= 0.6 is 11.3 Å². The molecule has 1 aliphatic rings. The molecule has 0 saturated heterocycles. The number of hydrogen-bond acceptors (Lipinski definition) is 3. The Bertz CT molecular complexity index is 665. The predicted molar refractivity (Wildman–Crippen MR) is 91.0 cm³/mol. The third-order valence-electron chi connectivity index (χ3n) is 4.29. The van der Waals surface area contributed by atoms with Crippen molar-refractivity contribution in [3.63, 3.8) is 0 Å². The molecule has 1 aliphatic heterocycles. The molecule has 0 radical (unpaired) electrons. The smallest absolute Gasteiger partial charge is 0.234 e. The molecule has 2 heterocycles. The van der Waals surface area contributed by atoms with Crippen molar-refractivity contribution in [2.75, 3.05) is 13.1 Å². The predicted octanol–water partition coefficient (Wildman–Crippen LogP) is 3.29. The normalized spacial score (nSPS) is 16.1. The summed E-state index contributed by atoms with van der Waals surface area (Å²) in [6.45, 7) is 6.48. The lowest BCUT2D eigenvalue weighted by Crippen LogP contribution is -2.40. The highest BCUT2D eigenvalue weighted by Crippen LogP contribution is 2.23. The fraction of sp³-hybridized carbons (Fsp3) is 0.389. The van der Waals surface area contributed by atoms with Crippen molar-refractivity contribution in [2.45, 2.75) is 32.9 Å². The maximum atomic E-state index is 12.3. The van der Waals surface area contributed by atoms with Gasteiger partial charge in [-0.1, -0.05) is 24.3 Å². The van der Waals surface area contributed by atoms with Crippen LogP contribution in [0.1, 0.15) is 34.5 Å². The van der Waals surface area contributed by atoms with Gasteiger partial charge in [0.1, 0.15) is 0 Å². The van der Waals surface area contributed by atoms with Gasteiger partial charge in [0.25, 0.3) is 0 Å². The van der Waals surface area contributed by atoms with Crippen LogP contribution in [0.2, 0.25) is 0 Å². The van der Waals surface area contributed by atoms with Gasteiger partial charge in [-0.3, -0.25) is 9.69 Å². The molecule has 3 rings (SSSR count). The lowest BCUT2D eigenvalue weighted by molar-refractivity contribution is -0.123. The molecule has 0 aliphatic carbocycles. The van der Waals surface area contributed by atoms with Crippen molar-refractivity contribution >= 4 is 17.2 Å². The maximum Gasteiger partial charge on any atom is 0.234 e. The zero-order valence-electron chi connectivity index (χ0n) is 13.1. The molecule has 116 valence electrons. The van der Waals surface area contributed by atoms with Crippen LogP contribution in [-0.2, 0) is 17.8 Å². The second-order valence-corrected chi connectivity index (χ2v) is 6.98. The van der Waals surface area contributed by atoms with Gasteiger partial charge in [-0.2, -0.15) is 0 Å². The number of nitrogens with zero attached hydrogens (tertiary/aromatic N) is 1. The van der Waals surface area contributed by atoms with Crippen LogP contribution in [0.5, 0.6) is 0 Å². The lowest BCUT2D eigenvalue weighted by Gasteiger charge is -2.27. The largest absolute Gasteiger partial charge is 0.348 e. The molecule has 0 bridgehead atoms. The van der Waals surface area contributed by atoms with Crippen molar-refractivity contribution in [3.8, 4) is 0 Å². The van der Waals surface area contributed by atoms with Gasteiger partial charge in [0.2, 0.25) is 5.91 Å². The first-order valence-electron chi connectivity index (χ1n) is 7.76. The molecule has 1 N–H and O–H groups in total. The number of carbonyl (C=O) groups excluding carboxylic acids is 1. The van der Waals surface area contributed by atoms with Crippen molar-refractivity contribution < 1.29 is 4.79 Å². The van der Waals surface area contributed by atoms with Gasteiger partial charge in [0.05, 0.1) is 12.6 Å². The Morgan fingerprint density at radius 2 is 2.18 bits per heavy atom. The fourth-order valence-corrected chi connectivity index (χ4v) is 3.97. The topological polar surface area (TPSA) is 32.3 Å². The summed E-state index contributed by atoms with van der Waals surface area (Å²) in [5.74, 6) is 0.106. The highest BCUT2D eigenvalue weighted by molar-refractivity contribution is 7.10. The third kappa shape index (κ3) is 3.39. The molecule has 1 aromatic heterocycles. The minimum absolute atomic E-state index is 0.0511. The van der Waals surface area contributed by atoms with Crippen LogP contribution < -0.4 is 5.32 Å². The van der Waals surface area contributed by atoms with Crippen LogP contribution in [0.25, 0.3) is 0 Å². The summed E-state index contributed by atoms with van der Waals surface area (Å²) in [6, 6.07) is 10.4. The van der Waals surface area contributed by atoms with Crippen LogP contribution in [0.4, 0.5) is 0 Å². The van der Waals surface area contributed by atoms with Crippen LogP contribution in [0.15, 0.2) is 35.7 Å². The van der Waals surface area contributed by atoms with E-state index >= 15 is 0 Å². The van der Waals surface area contributed by atoms with E-state index in [0.29, 0.717) is 6.54 Å². The van der Waals surface area contributed by atoms with Gasteiger partial charge in [0, 0.05) is 18.0 Å². The number of nitrogens with one attached hydrogen (secondary N) is 1. The summed E-state index contributed by atoms with van der Waals surface area (Å²) in [5, 5.41) is 5.27. The van der Waals surface area contributed by atoms with Crippen molar-refractivity contribution in [1.29, 1.82) is 0 Å². The number of thiophene rings is 1. The van der Waals surface area contributed by atoms with Crippen molar-refractivity contribution in [3.05, 3.63) is 57.3 Å². The molecular weight excluding hydrogens is 292 g/mol. The number of benzene rings is 1. The van der Waals surface area contributed by atoms with E-state index in [0.717, 1.165) is 19.5 Å². The van der Waals surface area contributed by atoms with E-state index in [1.807, 2.05) is 30.4 Å². The molecule has 0 spiro atoms. The Balaban J connectivity index is 1.56. The van der Waals surface area contributed by atoms with E-state index in [4.69, 9.17) is 0 Å². The second kappa shape index (κ2) is 6.63. The van der Waals surface area contributed by atoms with Gasteiger partial charge < -0.3 is 5.32 Å². The molecule has 1 amide bonds. The Kier molecular flexibility index (Phi) is 4.60. The first kappa shape index (κ1) is 15.3. The van der Waals surface area contributed by atoms with E-state index < -0.39 is 0 Å². The van der Waals surface area contributed by atoms with Crippen LogP contribution in [0, 0.1) is 6.92 Å². The molecule has 0 unspecified atom stereocenters. The first-order valence-corrected chi connectivity index (χ1v) is 8.64. The van der Waals surface area contributed by atoms with Gasteiger partial charge >= 0.3 is 0 Å². The standard InChI is InChI=1S/C18H22N2OS/c1-13-5-3-4-6-16(13)14(2)19-18(21)12-20-9-7-17-15(11-20)8-10-22-17/h3-6,8,10,14H,7,9,11-12H2,1-2H3,(H,19,21)/t14-/m0/s1. The van der Waals surface area contributed by atoms with Crippen LogP contribution in [0.3, 0.4) is 0 Å². The van der Waals surface area contributed by atoms with E-state index in [1.54, 1.807) is 0 Å². The van der Waals surface area contributed by atoms with Crippen molar-refractivity contribution in [2.24, 2.45) is 0 Å². The molecule has 0 saturated carbocycles. The Morgan fingerprint density at radius 1 is 1.36 bits per heavy atom. The van der Waals surface area contributed by atoms with Crippen LogP contribution in [-0.4, -0.2) is 23.9 Å². The zero-order chi connectivity index (χ0) is 15.5. The number of carbonyl (C=O) groups is 1. The monoisotopic (exact) mass is 314 g/mol. The highest BCUT2D eigenvalue weighted by atomic mass is 32.1. The van der Waals surface area contributed by atoms with Gasteiger partial charge in [-0.05, 0) is 48.4 Å². The summed E-state index contributed by atoms with van der Waals surface area (Å²) in [7, 11) is 0. The quantitative estimate of drug-likeness (QED) is 0.939. The molecule has 1 atom stereocenters. The molecule has 4 heteroatoms. The first-order chi connectivity index (χ1) is 10.6. The lowest BCUT2D eigenvalue weighted by atomic mass is 10.0. The third-order valence-corrected chi connectivity index (χ3v) is 5.31. The Labute approximate surface area is 136 Å². The SMILES string of the molecule is Cc1ccccc1[C@H](C)NC(=O)CN1CCc2sccc2C1. The van der Waals surface area contributed by atoms with E-state index in [9.17, 15) is 4.79 Å². The molecule has 2 aromatic rings.